The van der Waals surface area contributed by atoms with Crippen LogP contribution in [0.25, 0.3) is 0 Å². The van der Waals surface area contributed by atoms with Gasteiger partial charge >= 0.3 is 0 Å². The topological polar surface area (TPSA) is 63.0 Å². The van der Waals surface area contributed by atoms with Gasteiger partial charge in [-0.15, -0.1) is 0 Å². The van der Waals surface area contributed by atoms with Crippen LogP contribution < -0.4 is 4.74 Å². The highest BCUT2D eigenvalue weighted by atomic mass is 35.5. The van der Waals surface area contributed by atoms with Crippen molar-refractivity contribution >= 4 is 17.9 Å². The molecule has 5 heteroatoms. The van der Waals surface area contributed by atoms with Gasteiger partial charge in [0.1, 0.15) is 24.1 Å². The molecule has 1 aromatic carbocycles. The van der Waals surface area contributed by atoms with Crippen molar-refractivity contribution in [3.8, 4) is 11.8 Å². The van der Waals surface area contributed by atoms with E-state index in [0.29, 0.717) is 28.3 Å². The lowest BCUT2D eigenvalue weighted by atomic mass is 10.2. The first-order valence-corrected chi connectivity index (χ1v) is 5.84. The largest absolute Gasteiger partial charge is 0.487 e. The number of ether oxygens (including phenoxy) is 1. The Kier molecular flexibility index (Phi) is 4.11. The summed E-state index contributed by atoms with van der Waals surface area (Å²) in [6.45, 7) is 0.210. The minimum absolute atomic E-state index is 0.210. The van der Waals surface area contributed by atoms with Crippen LogP contribution in [0, 0.1) is 11.3 Å². The molecule has 0 spiro atoms. The Morgan fingerprint density at radius 1 is 1.42 bits per heavy atom. The highest BCUT2D eigenvalue weighted by molar-refractivity contribution is 6.32. The molecule has 0 saturated heterocycles. The van der Waals surface area contributed by atoms with Crippen molar-refractivity contribution in [3.05, 3.63) is 58.4 Å². The van der Waals surface area contributed by atoms with Gasteiger partial charge in [0, 0.05) is 6.20 Å². The van der Waals surface area contributed by atoms with E-state index >= 15 is 0 Å². The molecule has 0 fully saturated rings. The highest BCUT2D eigenvalue weighted by Gasteiger charge is 2.08. The van der Waals surface area contributed by atoms with E-state index in [1.165, 1.54) is 6.20 Å². The van der Waals surface area contributed by atoms with Crippen LogP contribution >= 0.6 is 11.6 Å². The van der Waals surface area contributed by atoms with E-state index in [4.69, 9.17) is 21.6 Å². The van der Waals surface area contributed by atoms with E-state index in [-0.39, 0.29) is 6.61 Å². The minimum Gasteiger partial charge on any atom is -0.487 e. The first kappa shape index (κ1) is 13.1. The zero-order chi connectivity index (χ0) is 13.7. The van der Waals surface area contributed by atoms with Crippen LogP contribution in [0.3, 0.4) is 0 Å². The Morgan fingerprint density at radius 3 is 3.00 bits per heavy atom. The number of rotatable bonds is 4. The Bertz CT molecular complexity index is 650. The molecule has 1 aromatic heterocycles. The van der Waals surface area contributed by atoms with Crippen molar-refractivity contribution in [2.24, 2.45) is 0 Å². The number of carbonyl (C=O) groups is 1. The van der Waals surface area contributed by atoms with Crippen molar-refractivity contribution < 1.29 is 9.53 Å². The van der Waals surface area contributed by atoms with Crippen molar-refractivity contribution in [1.82, 2.24) is 4.98 Å². The molecule has 0 aliphatic carbocycles. The average molecular weight is 273 g/mol. The number of hydrogen-bond acceptors (Lipinski definition) is 4. The summed E-state index contributed by atoms with van der Waals surface area (Å²) in [7, 11) is 0. The normalized spacial score (nSPS) is 9.68. The minimum atomic E-state index is 0.210. The molecule has 2 rings (SSSR count). The second-order valence-electron chi connectivity index (χ2n) is 3.73. The number of hydrogen-bond donors (Lipinski definition) is 0. The molecule has 0 unspecified atom stereocenters. The van der Waals surface area contributed by atoms with Crippen LogP contribution in [-0.2, 0) is 6.61 Å². The van der Waals surface area contributed by atoms with E-state index in [1.54, 1.807) is 30.3 Å². The van der Waals surface area contributed by atoms with E-state index in [1.807, 2.05) is 6.07 Å². The number of aromatic nitrogens is 1. The zero-order valence-corrected chi connectivity index (χ0v) is 10.6. The molecule has 0 radical (unpaired) electrons. The van der Waals surface area contributed by atoms with Gasteiger partial charge in [-0.2, -0.15) is 5.26 Å². The quantitative estimate of drug-likeness (QED) is 0.803. The first-order valence-electron chi connectivity index (χ1n) is 5.46. The Morgan fingerprint density at radius 2 is 2.26 bits per heavy atom. The molecule has 0 bridgehead atoms. The number of nitriles is 1. The Hall–Kier alpha value is -2.38. The van der Waals surface area contributed by atoms with Gasteiger partial charge in [0.25, 0.3) is 0 Å². The van der Waals surface area contributed by atoms with Gasteiger partial charge in [-0.05, 0) is 29.8 Å². The van der Waals surface area contributed by atoms with Gasteiger partial charge < -0.3 is 4.74 Å². The fourth-order valence-corrected chi connectivity index (χ4v) is 1.79. The van der Waals surface area contributed by atoms with E-state index in [9.17, 15) is 4.79 Å². The van der Waals surface area contributed by atoms with Crippen LogP contribution in [0.15, 0.2) is 36.5 Å². The second kappa shape index (κ2) is 5.98. The maximum atomic E-state index is 10.9. The van der Waals surface area contributed by atoms with Crippen LogP contribution in [0.2, 0.25) is 5.02 Å². The molecule has 0 amide bonds. The van der Waals surface area contributed by atoms with Crippen LogP contribution in [0.5, 0.6) is 5.75 Å². The lowest BCUT2D eigenvalue weighted by Gasteiger charge is -2.10. The van der Waals surface area contributed by atoms with Gasteiger partial charge in [-0.1, -0.05) is 17.7 Å². The summed E-state index contributed by atoms with van der Waals surface area (Å²) in [5.41, 5.74) is 1.49. The van der Waals surface area contributed by atoms with E-state index < -0.39 is 0 Å². The number of nitrogens with zero attached hydrogens (tertiary/aromatic N) is 2. The molecule has 2 aromatic rings. The smallest absolute Gasteiger partial charge is 0.153 e. The van der Waals surface area contributed by atoms with Gasteiger partial charge in [-0.3, -0.25) is 4.79 Å². The van der Waals surface area contributed by atoms with Crippen LogP contribution in [0.4, 0.5) is 0 Å². The lowest BCUT2D eigenvalue weighted by Crippen LogP contribution is -2.00. The molecule has 4 nitrogen and oxygen atoms in total. The van der Waals surface area contributed by atoms with Gasteiger partial charge in [0.2, 0.25) is 0 Å². The molecule has 1 heterocycles. The summed E-state index contributed by atoms with van der Waals surface area (Å²) in [6, 6.07) is 10.3. The summed E-state index contributed by atoms with van der Waals surface area (Å²) in [6.07, 6.45) is 2.22. The molecule has 94 valence electrons. The van der Waals surface area contributed by atoms with Gasteiger partial charge in [-0.25, -0.2) is 4.98 Å². The molecule has 0 atom stereocenters. The third-order valence-electron chi connectivity index (χ3n) is 2.45. The summed E-state index contributed by atoms with van der Waals surface area (Å²) in [5.74, 6) is 0.342. The molecule has 0 saturated carbocycles. The number of benzene rings is 1. The summed E-state index contributed by atoms with van der Waals surface area (Å²) in [5, 5.41) is 9.13. The third kappa shape index (κ3) is 3.09. The molecule has 0 aliphatic rings. The van der Waals surface area contributed by atoms with Gasteiger partial charge in [0.05, 0.1) is 10.6 Å². The summed E-state index contributed by atoms with van der Waals surface area (Å²) < 4.78 is 5.54. The number of para-hydroxylation sites is 1. The number of halogens is 1. The lowest BCUT2D eigenvalue weighted by molar-refractivity contribution is 0.111. The predicted octanol–water partition coefficient (Wildman–Crippen LogP) is 3.00. The van der Waals surface area contributed by atoms with Crippen molar-refractivity contribution in [2.75, 3.05) is 0 Å². The SMILES string of the molecule is N#Cc1cc(COc2c(Cl)cccc2C=O)ccn1. The zero-order valence-electron chi connectivity index (χ0n) is 9.84. The van der Waals surface area contributed by atoms with Crippen LogP contribution in [-0.4, -0.2) is 11.3 Å². The Labute approximate surface area is 115 Å². The van der Waals surface area contributed by atoms with Gasteiger partial charge in [0.15, 0.2) is 6.29 Å². The van der Waals surface area contributed by atoms with Crippen LogP contribution in [0.1, 0.15) is 21.6 Å². The number of carbonyl (C=O) groups excluding carboxylic acids is 1. The molecular formula is C14H9ClN2O2. The molecule has 0 aliphatic heterocycles. The third-order valence-corrected chi connectivity index (χ3v) is 2.74. The first-order chi connectivity index (χ1) is 9.24. The fraction of sp³-hybridized carbons (Fsp3) is 0.0714. The standard InChI is InChI=1S/C14H9ClN2O2/c15-13-3-1-2-11(8-18)14(13)19-9-10-4-5-17-12(6-10)7-16/h1-6,8H,9H2. The molecule has 0 N–H and O–H groups in total. The summed E-state index contributed by atoms with van der Waals surface area (Å²) in [4.78, 5) is 14.8. The van der Waals surface area contributed by atoms with E-state index in [0.717, 1.165) is 5.56 Å². The van der Waals surface area contributed by atoms with Crippen molar-refractivity contribution in [3.63, 3.8) is 0 Å². The monoisotopic (exact) mass is 272 g/mol. The molecule has 19 heavy (non-hydrogen) atoms. The average Bonchev–Trinajstić information content (AvgIpc) is 2.46. The van der Waals surface area contributed by atoms with Crippen molar-refractivity contribution in [2.45, 2.75) is 6.61 Å². The number of pyridine rings is 1. The summed E-state index contributed by atoms with van der Waals surface area (Å²) >= 11 is 5.98. The maximum Gasteiger partial charge on any atom is 0.153 e. The Balaban J connectivity index is 2.19. The second-order valence-corrected chi connectivity index (χ2v) is 4.13. The highest BCUT2D eigenvalue weighted by Crippen LogP contribution is 2.28. The van der Waals surface area contributed by atoms with Crippen molar-refractivity contribution in [1.29, 1.82) is 5.26 Å². The molecular weight excluding hydrogens is 264 g/mol. The number of aldehydes is 1. The van der Waals surface area contributed by atoms with E-state index in [2.05, 4.69) is 4.98 Å². The predicted molar refractivity (Wildman–Crippen MR) is 70.1 cm³/mol. The maximum absolute atomic E-state index is 10.9. The fourth-order valence-electron chi connectivity index (χ4n) is 1.55.